The highest BCUT2D eigenvalue weighted by Gasteiger charge is 2.23. The predicted molar refractivity (Wildman–Crippen MR) is 258 cm³/mol. The quantitative estimate of drug-likeness (QED) is 0.168. The van der Waals surface area contributed by atoms with Gasteiger partial charge in [-0.05, 0) is 60.6 Å². The number of fused-ring (bicyclic) bond motifs is 9. The number of nitrogens with zero attached hydrogens (tertiary/aromatic N) is 5. The number of hydrogen-bond donors (Lipinski definition) is 0. The lowest BCUT2D eigenvalue weighted by molar-refractivity contribution is 0.670. The average molecular weight is 812 g/mol. The number of hydrogen-bond acceptors (Lipinski definition) is 4. The molecule has 13 aromatic rings. The monoisotopic (exact) mass is 811 g/mol. The second-order valence-corrected chi connectivity index (χ2v) is 15.5. The van der Waals surface area contributed by atoms with E-state index in [0.29, 0.717) is 83.5 Å². The standard InChI is InChI=1S/C57H35N5O/c1-4-17-36(18-5-1)55-58-56(37-19-6-2-7-20-37)60-57(59-55)38-31-32-50(45(33-38)44-27-16-26-43-42-25-12-15-30-53(42)63-54(43)44)62-49-29-14-11-24-41(49)47-34-46-40-23-10-13-28-48(40)61(51(46)35-52(47)62)39-21-8-3-9-22-39/h1-35H/i10D,11D,23D,24D,34D,35D. The van der Waals surface area contributed by atoms with Crippen molar-refractivity contribution in [2.24, 2.45) is 0 Å². The molecule has 0 fully saturated rings. The molecular weight excluding hydrogens is 771 g/mol. The van der Waals surface area contributed by atoms with Gasteiger partial charge in [0.15, 0.2) is 17.5 Å². The minimum Gasteiger partial charge on any atom is -0.455 e. The van der Waals surface area contributed by atoms with Crippen LogP contribution in [0.3, 0.4) is 0 Å². The van der Waals surface area contributed by atoms with Crippen molar-refractivity contribution in [3.63, 3.8) is 0 Å². The molecule has 13 rings (SSSR count). The molecule has 0 aliphatic carbocycles. The van der Waals surface area contributed by atoms with Gasteiger partial charge in [0.2, 0.25) is 0 Å². The molecule has 6 nitrogen and oxygen atoms in total. The molecule has 0 spiro atoms. The van der Waals surface area contributed by atoms with Crippen LogP contribution >= 0.6 is 0 Å². The van der Waals surface area contributed by atoms with E-state index in [9.17, 15) is 5.48 Å². The third-order valence-electron chi connectivity index (χ3n) is 11.8. The van der Waals surface area contributed by atoms with Crippen molar-refractivity contribution in [2.75, 3.05) is 0 Å². The van der Waals surface area contributed by atoms with Crippen molar-refractivity contribution < 1.29 is 12.6 Å². The minimum atomic E-state index is -0.0906. The van der Waals surface area contributed by atoms with Gasteiger partial charge in [-0.25, -0.2) is 15.0 Å². The van der Waals surface area contributed by atoms with Crippen molar-refractivity contribution in [3.05, 3.63) is 212 Å². The first kappa shape index (κ1) is 29.6. The summed E-state index contributed by atoms with van der Waals surface area (Å²) in [4.78, 5) is 15.1. The second-order valence-electron chi connectivity index (χ2n) is 15.5. The largest absolute Gasteiger partial charge is 0.455 e. The first-order valence-corrected chi connectivity index (χ1v) is 20.7. The smallest absolute Gasteiger partial charge is 0.164 e. The van der Waals surface area contributed by atoms with Gasteiger partial charge < -0.3 is 13.6 Å². The van der Waals surface area contributed by atoms with Crippen molar-refractivity contribution >= 4 is 65.6 Å². The number of para-hydroxylation sites is 5. The first-order valence-electron chi connectivity index (χ1n) is 23.7. The minimum absolute atomic E-state index is 0.00209. The molecule has 0 unspecified atom stereocenters. The van der Waals surface area contributed by atoms with E-state index in [0.717, 1.165) is 38.7 Å². The Labute approximate surface area is 370 Å². The maximum Gasteiger partial charge on any atom is 0.164 e. The Morgan fingerprint density at radius 1 is 0.397 bits per heavy atom. The van der Waals surface area contributed by atoms with Gasteiger partial charge >= 0.3 is 0 Å². The van der Waals surface area contributed by atoms with Crippen LogP contribution in [-0.4, -0.2) is 24.1 Å². The van der Waals surface area contributed by atoms with Crippen molar-refractivity contribution in [1.82, 2.24) is 24.1 Å². The summed E-state index contributed by atoms with van der Waals surface area (Å²) in [5, 5.41) is 3.21. The molecule has 4 heterocycles. The third kappa shape index (κ3) is 5.55. The van der Waals surface area contributed by atoms with Crippen LogP contribution in [-0.2, 0) is 0 Å². The van der Waals surface area contributed by atoms with Gasteiger partial charge in [-0.2, -0.15) is 0 Å². The van der Waals surface area contributed by atoms with Crippen LogP contribution in [0.25, 0.3) is 122 Å². The van der Waals surface area contributed by atoms with Crippen LogP contribution in [0.4, 0.5) is 0 Å². The van der Waals surface area contributed by atoms with E-state index in [1.165, 1.54) is 0 Å². The van der Waals surface area contributed by atoms with Gasteiger partial charge in [0.05, 0.1) is 36.0 Å². The molecule has 0 atom stereocenters. The molecule has 4 aromatic heterocycles. The van der Waals surface area contributed by atoms with E-state index in [1.807, 2.05) is 161 Å². The number of rotatable bonds is 6. The zero-order chi connectivity index (χ0) is 46.7. The fourth-order valence-electron chi connectivity index (χ4n) is 9.01. The van der Waals surface area contributed by atoms with E-state index in [1.54, 1.807) is 24.3 Å². The van der Waals surface area contributed by atoms with Crippen molar-refractivity contribution in [3.8, 4) is 56.7 Å². The zero-order valence-electron chi connectivity index (χ0n) is 39.4. The summed E-state index contributed by atoms with van der Waals surface area (Å²) in [6.07, 6.45) is 0. The number of furan rings is 1. The normalized spacial score (nSPS) is 13.1. The second kappa shape index (κ2) is 14.0. The highest BCUT2D eigenvalue weighted by molar-refractivity contribution is 6.20. The highest BCUT2D eigenvalue weighted by Crippen LogP contribution is 2.44. The highest BCUT2D eigenvalue weighted by atomic mass is 16.3. The Balaban J connectivity index is 1.18. The van der Waals surface area contributed by atoms with Crippen LogP contribution in [0.2, 0.25) is 0 Å². The molecule has 0 saturated carbocycles. The summed E-state index contributed by atoms with van der Waals surface area (Å²) in [5.41, 5.74) is 8.34. The van der Waals surface area contributed by atoms with Crippen LogP contribution in [0.1, 0.15) is 8.22 Å². The van der Waals surface area contributed by atoms with E-state index < -0.39 is 0 Å². The fourth-order valence-corrected chi connectivity index (χ4v) is 9.01. The molecule has 9 aromatic carbocycles. The average Bonchev–Trinajstić information content (AvgIpc) is 4.08. The number of benzene rings is 9. The zero-order valence-corrected chi connectivity index (χ0v) is 33.4. The van der Waals surface area contributed by atoms with Crippen LogP contribution < -0.4 is 0 Å². The lowest BCUT2D eigenvalue weighted by Gasteiger charge is -2.17. The summed E-state index contributed by atoms with van der Waals surface area (Å²) in [6, 6.07) is 55.6. The Kier molecular flexibility index (Phi) is 6.56. The van der Waals surface area contributed by atoms with E-state index in [4.69, 9.17) is 22.1 Å². The van der Waals surface area contributed by atoms with Crippen molar-refractivity contribution in [2.45, 2.75) is 0 Å². The van der Waals surface area contributed by atoms with E-state index in [2.05, 4.69) is 0 Å². The molecule has 0 bridgehead atoms. The molecule has 0 amide bonds. The van der Waals surface area contributed by atoms with Crippen molar-refractivity contribution in [1.29, 1.82) is 0 Å². The summed E-state index contributed by atoms with van der Waals surface area (Å²) >= 11 is 0. The van der Waals surface area contributed by atoms with Crippen LogP contribution in [0.15, 0.2) is 217 Å². The van der Waals surface area contributed by atoms with Gasteiger partial charge in [0, 0.05) is 65.8 Å². The Hall–Kier alpha value is -8.61. The third-order valence-corrected chi connectivity index (χ3v) is 11.8. The summed E-state index contributed by atoms with van der Waals surface area (Å²) in [5.74, 6) is 1.45. The van der Waals surface area contributed by atoms with Gasteiger partial charge in [0.1, 0.15) is 11.2 Å². The van der Waals surface area contributed by atoms with Gasteiger partial charge in [-0.1, -0.05) is 152 Å². The Morgan fingerprint density at radius 3 is 1.65 bits per heavy atom. The number of aromatic nitrogens is 5. The summed E-state index contributed by atoms with van der Waals surface area (Å²) in [7, 11) is 0. The Morgan fingerprint density at radius 2 is 0.968 bits per heavy atom. The molecule has 294 valence electrons. The maximum atomic E-state index is 10.4. The molecule has 0 N–H and O–H groups in total. The van der Waals surface area contributed by atoms with Gasteiger partial charge in [0.25, 0.3) is 0 Å². The predicted octanol–water partition coefficient (Wildman–Crippen LogP) is 14.6. The van der Waals surface area contributed by atoms with Crippen LogP contribution in [0, 0.1) is 0 Å². The maximum absolute atomic E-state index is 10.4. The molecule has 6 heteroatoms. The lowest BCUT2D eigenvalue weighted by atomic mass is 9.97. The fraction of sp³-hybridized carbons (Fsp3) is 0. The molecule has 0 aliphatic heterocycles. The van der Waals surface area contributed by atoms with Gasteiger partial charge in [-0.3, -0.25) is 0 Å². The molecular formula is C57H35N5O. The van der Waals surface area contributed by atoms with Gasteiger partial charge in [-0.15, -0.1) is 0 Å². The molecule has 0 aliphatic rings. The topological polar surface area (TPSA) is 61.7 Å². The van der Waals surface area contributed by atoms with Crippen LogP contribution in [0.5, 0.6) is 0 Å². The SMILES string of the molecule is [2H]c1ccc2c(c1[2H])c1c([2H])c3c4c([2H])c([2H])ccc4n(-c4ccc(-c5nc(-c6ccccc6)nc(-c6ccccc6)n5)cc4-c4cccc5c4oc4ccccc45)c3c([2H])c1n2-c1ccccc1. The van der Waals surface area contributed by atoms with E-state index >= 15 is 0 Å². The Bertz CT molecular complexity index is 4210. The first-order chi connectivity index (χ1) is 33.7. The molecule has 0 radical (unpaired) electrons. The summed E-state index contributed by atoms with van der Waals surface area (Å²) in [6.45, 7) is 0. The lowest BCUT2D eigenvalue weighted by Crippen LogP contribution is -2.02. The molecule has 0 saturated heterocycles. The molecule has 63 heavy (non-hydrogen) atoms. The van der Waals surface area contributed by atoms with E-state index in [-0.39, 0.29) is 36.3 Å². The summed E-state index contributed by atoms with van der Waals surface area (Å²) < 4.78 is 67.4.